The van der Waals surface area contributed by atoms with Crippen molar-refractivity contribution in [2.75, 3.05) is 18.5 Å². The number of alkyl halides is 6. The number of hydrogen-bond donors (Lipinski definition) is 1. The smallest absolute Gasteiger partial charge is 0.417 e. The molecular weight excluding hydrogens is 468 g/mol. The van der Waals surface area contributed by atoms with Gasteiger partial charge in [-0.15, -0.1) is 0 Å². The monoisotopic (exact) mass is 483 g/mol. The van der Waals surface area contributed by atoms with Gasteiger partial charge >= 0.3 is 18.4 Å². The summed E-state index contributed by atoms with van der Waals surface area (Å²) < 4.78 is 95.3. The Kier molecular flexibility index (Phi) is 6.03. The van der Waals surface area contributed by atoms with E-state index in [9.17, 15) is 31.1 Å². The number of amides is 1. The van der Waals surface area contributed by atoms with Gasteiger partial charge in [0.2, 0.25) is 5.75 Å². The maximum atomic E-state index is 13.4. The van der Waals surface area contributed by atoms with E-state index in [0.29, 0.717) is 30.6 Å². The Morgan fingerprint density at radius 2 is 1.56 bits per heavy atom. The molecule has 0 aromatic heterocycles. The van der Waals surface area contributed by atoms with Crippen LogP contribution in [0.3, 0.4) is 0 Å². The van der Waals surface area contributed by atoms with Gasteiger partial charge in [-0.1, -0.05) is 18.2 Å². The number of para-hydroxylation sites is 1. The van der Waals surface area contributed by atoms with E-state index in [1.54, 1.807) is 12.1 Å². The predicted octanol–water partition coefficient (Wildman–Crippen LogP) is 6.77. The summed E-state index contributed by atoms with van der Waals surface area (Å²) in [6, 6.07) is 10.8. The molecule has 0 spiro atoms. The van der Waals surface area contributed by atoms with E-state index in [1.165, 1.54) is 30.3 Å². The topological polar surface area (TPSA) is 56.8 Å². The maximum absolute atomic E-state index is 13.4. The number of carbonyl (C=O) groups is 1. The Balaban J connectivity index is 1.54. The normalized spacial score (nSPS) is 13.4. The highest BCUT2D eigenvalue weighted by atomic mass is 19.4. The van der Waals surface area contributed by atoms with Crippen LogP contribution in [0, 0.1) is 0 Å². The van der Waals surface area contributed by atoms with Gasteiger partial charge in [-0.25, -0.2) is 4.79 Å². The molecule has 0 bridgehead atoms. The number of hydrogen-bond acceptors (Lipinski definition) is 4. The van der Waals surface area contributed by atoms with Crippen molar-refractivity contribution in [3.8, 4) is 28.4 Å². The second-order valence-electron chi connectivity index (χ2n) is 7.13. The Morgan fingerprint density at radius 3 is 2.24 bits per heavy atom. The molecule has 1 amide bonds. The summed E-state index contributed by atoms with van der Waals surface area (Å²) in [6.45, 7) is 0.614. The summed E-state index contributed by atoms with van der Waals surface area (Å²) >= 11 is 0. The van der Waals surface area contributed by atoms with Gasteiger partial charge in [0.15, 0.2) is 11.5 Å². The van der Waals surface area contributed by atoms with Crippen LogP contribution < -0.4 is 19.5 Å². The summed E-state index contributed by atoms with van der Waals surface area (Å²) in [5.74, 6) is 0.760. The highest BCUT2D eigenvalue weighted by Crippen LogP contribution is 2.41. The minimum atomic E-state index is -4.86. The lowest BCUT2D eigenvalue weighted by molar-refractivity contribution is -0.141. The highest BCUT2D eigenvalue weighted by Gasteiger charge is 2.37. The van der Waals surface area contributed by atoms with Crippen LogP contribution in [0.1, 0.15) is 11.1 Å². The molecule has 1 aliphatic heterocycles. The summed E-state index contributed by atoms with van der Waals surface area (Å²) in [5.41, 5.74) is -3.02. The average molecular weight is 483 g/mol. The molecule has 34 heavy (non-hydrogen) atoms. The molecule has 178 valence electrons. The van der Waals surface area contributed by atoms with Gasteiger partial charge in [0, 0.05) is 5.69 Å². The second kappa shape index (κ2) is 8.81. The van der Waals surface area contributed by atoms with Gasteiger partial charge < -0.3 is 14.2 Å². The molecule has 0 atom stereocenters. The van der Waals surface area contributed by atoms with Crippen LogP contribution in [0.15, 0.2) is 60.7 Å². The lowest BCUT2D eigenvalue weighted by Crippen LogP contribution is -2.20. The Morgan fingerprint density at radius 1 is 0.853 bits per heavy atom. The van der Waals surface area contributed by atoms with E-state index in [2.05, 4.69) is 5.32 Å². The molecule has 4 rings (SSSR count). The minimum Gasteiger partial charge on any atom is -0.486 e. The molecule has 0 saturated carbocycles. The van der Waals surface area contributed by atoms with Crippen LogP contribution in [0.2, 0.25) is 0 Å². The van der Waals surface area contributed by atoms with Crippen molar-refractivity contribution < 1.29 is 45.3 Å². The fraction of sp³-hybridized carbons (Fsp3) is 0.174. The van der Waals surface area contributed by atoms with Crippen molar-refractivity contribution >= 4 is 11.8 Å². The number of carbonyl (C=O) groups excluding carboxylic acids is 1. The van der Waals surface area contributed by atoms with E-state index in [4.69, 9.17) is 14.2 Å². The van der Waals surface area contributed by atoms with Crippen molar-refractivity contribution in [2.45, 2.75) is 12.4 Å². The first-order valence-electron chi connectivity index (χ1n) is 9.79. The quantitative estimate of drug-likeness (QED) is 0.418. The van der Waals surface area contributed by atoms with Crippen molar-refractivity contribution in [2.24, 2.45) is 0 Å². The van der Waals surface area contributed by atoms with Crippen molar-refractivity contribution in [3.05, 3.63) is 71.8 Å². The molecule has 1 heterocycles. The van der Waals surface area contributed by atoms with Gasteiger partial charge in [-0.05, 0) is 53.6 Å². The lowest BCUT2D eigenvalue weighted by atomic mass is 9.96. The standard InChI is InChI=1S/C23H15F6NO4/c24-22(25,26)14-6-9-17(23(27,28)29)16(12-14)13-4-7-15(8-5-13)30-21(31)34-19-3-1-2-18-20(19)33-11-10-32-18/h1-9,12H,10-11H2,(H,30,31). The van der Waals surface area contributed by atoms with Crippen LogP contribution in [0.4, 0.5) is 36.8 Å². The first-order chi connectivity index (χ1) is 16.0. The molecule has 0 unspecified atom stereocenters. The largest absolute Gasteiger partial charge is 0.486 e. The third-order valence-corrected chi connectivity index (χ3v) is 4.83. The fourth-order valence-corrected chi connectivity index (χ4v) is 3.31. The molecule has 1 N–H and O–H groups in total. The Labute approximate surface area is 188 Å². The zero-order valence-electron chi connectivity index (χ0n) is 17.1. The van der Waals surface area contributed by atoms with E-state index in [0.717, 1.165) is 0 Å². The number of ether oxygens (including phenoxy) is 3. The number of nitrogens with one attached hydrogen (secondary N) is 1. The average Bonchev–Trinajstić information content (AvgIpc) is 2.78. The molecule has 0 saturated heterocycles. The van der Waals surface area contributed by atoms with Gasteiger partial charge in [-0.2, -0.15) is 26.3 Å². The molecule has 3 aromatic rings. The number of benzene rings is 3. The highest BCUT2D eigenvalue weighted by molar-refractivity contribution is 5.87. The van der Waals surface area contributed by atoms with Crippen LogP contribution in [-0.4, -0.2) is 19.3 Å². The third-order valence-electron chi connectivity index (χ3n) is 4.83. The molecular formula is C23H15F6NO4. The molecule has 0 aliphatic carbocycles. The van der Waals surface area contributed by atoms with Crippen molar-refractivity contribution in [3.63, 3.8) is 0 Å². The summed E-state index contributed by atoms with van der Waals surface area (Å²) in [5, 5.41) is 2.40. The molecule has 3 aromatic carbocycles. The lowest BCUT2D eigenvalue weighted by Gasteiger charge is -2.20. The molecule has 5 nitrogen and oxygen atoms in total. The first-order valence-corrected chi connectivity index (χ1v) is 9.79. The van der Waals surface area contributed by atoms with Gasteiger partial charge in [-0.3, -0.25) is 5.32 Å². The minimum absolute atomic E-state index is 0.102. The first kappa shape index (κ1) is 23.3. The zero-order chi connectivity index (χ0) is 24.5. The van der Waals surface area contributed by atoms with Crippen LogP contribution in [0.5, 0.6) is 17.2 Å². The number of fused-ring (bicyclic) bond motifs is 1. The Bertz CT molecular complexity index is 1210. The number of anilines is 1. The SMILES string of the molecule is O=C(Nc1ccc(-c2cc(C(F)(F)F)ccc2C(F)(F)F)cc1)Oc1cccc2c1OCCO2. The third kappa shape index (κ3) is 5.03. The Hall–Kier alpha value is -3.89. The number of rotatable bonds is 3. The van der Waals surface area contributed by atoms with Crippen molar-refractivity contribution in [1.29, 1.82) is 0 Å². The van der Waals surface area contributed by atoms with Crippen LogP contribution in [-0.2, 0) is 12.4 Å². The van der Waals surface area contributed by atoms with Crippen molar-refractivity contribution in [1.82, 2.24) is 0 Å². The summed E-state index contributed by atoms with van der Waals surface area (Å²) in [4.78, 5) is 12.3. The van der Waals surface area contributed by atoms with Crippen LogP contribution in [0.25, 0.3) is 11.1 Å². The van der Waals surface area contributed by atoms with E-state index in [1.807, 2.05) is 0 Å². The van der Waals surface area contributed by atoms with Gasteiger partial charge in [0.05, 0.1) is 11.1 Å². The fourth-order valence-electron chi connectivity index (χ4n) is 3.31. The van der Waals surface area contributed by atoms with E-state index < -0.39 is 35.1 Å². The number of halogens is 6. The zero-order valence-corrected chi connectivity index (χ0v) is 17.1. The summed E-state index contributed by atoms with van der Waals surface area (Å²) in [6.07, 6.45) is -10.6. The van der Waals surface area contributed by atoms with Crippen LogP contribution >= 0.6 is 0 Å². The molecule has 1 aliphatic rings. The van der Waals surface area contributed by atoms with Gasteiger partial charge in [0.1, 0.15) is 13.2 Å². The van der Waals surface area contributed by atoms with Gasteiger partial charge in [0.25, 0.3) is 0 Å². The van der Waals surface area contributed by atoms with E-state index in [-0.39, 0.29) is 29.4 Å². The van der Waals surface area contributed by atoms with E-state index >= 15 is 0 Å². The maximum Gasteiger partial charge on any atom is 0.417 e. The predicted molar refractivity (Wildman–Crippen MR) is 109 cm³/mol. The molecule has 0 radical (unpaired) electrons. The molecule has 0 fully saturated rings. The summed E-state index contributed by atoms with van der Waals surface area (Å²) in [7, 11) is 0. The molecule has 11 heteroatoms. The second-order valence-corrected chi connectivity index (χ2v) is 7.13.